The van der Waals surface area contributed by atoms with Crippen LogP contribution in [0.4, 0.5) is 11.6 Å². The van der Waals surface area contributed by atoms with E-state index in [2.05, 4.69) is 15.3 Å². The van der Waals surface area contributed by atoms with Gasteiger partial charge in [-0.2, -0.15) is 0 Å². The number of nitrogens with zero attached hydrogens (tertiary/aromatic N) is 5. The number of hydrogen-bond acceptors (Lipinski definition) is 9. The van der Waals surface area contributed by atoms with Crippen LogP contribution in [0.2, 0.25) is 0 Å². The van der Waals surface area contributed by atoms with Crippen molar-refractivity contribution < 1.29 is 24.7 Å². The van der Waals surface area contributed by atoms with Crippen molar-refractivity contribution in [2.45, 2.75) is 51.7 Å². The molecule has 1 aliphatic carbocycles. The van der Waals surface area contributed by atoms with E-state index in [1.165, 1.54) is 17.0 Å². The van der Waals surface area contributed by atoms with Gasteiger partial charge in [-0.15, -0.1) is 0 Å². The molecule has 1 atom stereocenters. The number of benzene rings is 1. The fourth-order valence-electron chi connectivity index (χ4n) is 5.26. The number of nitrogens with one attached hydrogen (secondary N) is 1. The number of carboxylic acid groups (broad SMARTS) is 1. The van der Waals surface area contributed by atoms with Crippen molar-refractivity contribution in [3.8, 4) is 11.1 Å². The zero-order valence-electron chi connectivity index (χ0n) is 21.5. The predicted molar refractivity (Wildman–Crippen MR) is 143 cm³/mol. The number of fused-ring (bicyclic) bond motifs is 5. The maximum atomic E-state index is 13.0. The fourth-order valence-corrected chi connectivity index (χ4v) is 5.26. The number of imidazole rings is 1. The normalized spacial score (nSPS) is 15.2. The fraction of sp³-hybridized carbons (Fsp3) is 0.333. The summed E-state index contributed by atoms with van der Waals surface area (Å²) in [7, 11) is 0. The number of aromatic nitrogens is 4. The summed E-state index contributed by atoms with van der Waals surface area (Å²) in [6.45, 7) is 2.26. The van der Waals surface area contributed by atoms with Gasteiger partial charge in [0.15, 0.2) is 5.82 Å². The molecule has 4 aromatic rings. The molecule has 13 nitrogen and oxygen atoms in total. The molecule has 13 heteroatoms. The Morgan fingerprint density at radius 1 is 1.25 bits per heavy atom. The molecule has 6 rings (SSSR count). The van der Waals surface area contributed by atoms with Gasteiger partial charge in [0.05, 0.1) is 18.7 Å². The monoisotopic (exact) mass is 546 g/mol. The lowest BCUT2D eigenvalue weighted by atomic mass is 9.95. The quantitative estimate of drug-likeness (QED) is 0.220. The molecule has 2 aliphatic rings. The van der Waals surface area contributed by atoms with Crippen LogP contribution in [0, 0.1) is 17.0 Å². The largest absolute Gasteiger partial charge is 0.477 e. The second-order valence-electron chi connectivity index (χ2n) is 10.1. The first-order valence-electron chi connectivity index (χ1n) is 12.8. The third kappa shape index (κ3) is 4.48. The molecule has 40 heavy (non-hydrogen) atoms. The lowest BCUT2D eigenvalue weighted by Gasteiger charge is -2.17. The van der Waals surface area contributed by atoms with Crippen LogP contribution in [0.3, 0.4) is 0 Å². The zero-order valence-corrected chi connectivity index (χ0v) is 21.5. The third-order valence-corrected chi connectivity index (χ3v) is 7.39. The molecule has 0 bridgehead atoms. The van der Waals surface area contributed by atoms with Crippen LogP contribution in [-0.4, -0.2) is 52.9 Å². The van der Waals surface area contributed by atoms with Crippen LogP contribution in [0.5, 0.6) is 0 Å². The SMILES string of the molecule is Cc1ncc([N+](=O)[O-])n1C[C@H](O)CNc1cc2c(cn1)-c1ccc3c(=O)c(C(=O)O)cn(C4CC4)c3c1COC2. The number of nitro groups is 1. The molecule has 206 valence electrons. The van der Waals surface area contributed by atoms with Gasteiger partial charge >= 0.3 is 11.8 Å². The molecule has 1 aliphatic heterocycles. The van der Waals surface area contributed by atoms with E-state index < -0.39 is 22.4 Å². The van der Waals surface area contributed by atoms with Gasteiger partial charge in [-0.05, 0) is 41.0 Å². The van der Waals surface area contributed by atoms with Crippen molar-refractivity contribution in [3.63, 3.8) is 0 Å². The average Bonchev–Trinajstić information content (AvgIpc) is 3.73. The highest BCUT2D eigenvalue weighted by Crippen LogP contribution is 2.41. The molecule has 1 fully saturated rings. The summed E-state index contributed by atoms with van der Waals surface area (Å²) in [5, 5.41) is 34.8. The van der Waals surface area contributed by atoms with Crippen LogP contribution in [0.15, 0.2) is 41.6 Å². The predicted octanol–water partition coefficient (Wildman–Crippen LogP) is 3.01. The van der Waals surface area contributed by atoms with Gasteiger partial charge < -0.3 is 34.9 Å². The van der Waals surface area contributed by atoms with Gasteiger partial charge in [0.2, 0.25) is 5.43 Å². The van der Waals surface area contributed by atoms with E-state index in [4.69, 9.17) is 4.74 Å². The first-order chi connectivity index (χ1) is 19.2. The van der Waals surface area contributed by atoms with Crippen molar-refractivity contribution in [2.75, 3.05) is 11.9 Å². The standard InChI is InChI=1S/C27H26N6O7/c1-14-28-9-24(33(38)39)31(14)10-17(34)7-29-23-6-15-12-40-13-22-18(20(15)8-30-23)4-5-19-25(22)32(16-2-3-16)11-21(26(19)35)27(36)37/h4-6,8-9,11,16-17,34H,2-3,7,10,12-13H2,1H3,(H,29,30)(H,36,37)/t17-/m1/s1. The molecule has 0 unspecified atom stereocenters. The second-order valence-corrected chi connectivity index (χ2v) is 10.1. The molecule has 0 radical (unpaired) electrons. The van der Waals surface area contributed by atoms with Gasteiger partial charge in [-0.1, -0.05) is 6.07 Å². The second kappa shape index (κ2) is 9.84. The zero-order chi connectivity index (χ0) is 28.1. The van der Waals surface area contributed by atoms with Gasteiger partial charge in [-0.25, -0.2) is 19.3 Å². The minimum absolute atomic E-state index is 0.00403. The van der Waals surface area contributed by atoms with Crippen LogP contribution in [0.25, 0.3) is 22.0 Å². The van der Waals surface area contributed by atoms with Gasteiger partial charge in [-0.3, -0.25) is 4.79 Å². The number of carboxylic acids is 1. The number of aryl methyl sites for hydroxylation is 1. The van der Waals surface area contributed by atoms with Crippen molar-refractivity contribution in [1.82, 2.24) is 19.1 Å². The lowest BCUT2D eigenvalue weighted by Crippen LogP contribution is -2.26. The molecule has 0 amide bonds. The molecule has 0 spiro atoms. The summed E-state index contributed by atoms with van der Waals surface area (Å²) in [5.41, 5.74) is 3.30. The van der Waals surface area contributed by atoms with Crippen molar-refractivity contribution in [3.05, 3.63) is 79.6 Å². The number of ether oxygens (including phenoxy) is 1. The van der Waals surface area contributed by atoms with Gasteiger partial charge in [0.1, 0.15) is 30.2 Å². The Kier molecular flexibility index (Phi) is 6.31. The maximum absolute atomic E-state index is 13.0. The van der Waals surface area contributed by atoms with E-state index >= 15 is 0 Å². The highest BCUT2D eigenvalue weighted by molar-refractivity contribution is 5.96. The van der Waals surface area contributed by atoms with E-state index in [1.807, 2.05) is 16.7 Å². The molecule has 0 saturated heterocycles. The molecule has 1 aromatic carbocycles. The summed E-state index contributed by atoms with van der Waals surface area (Å²) in [4.78, 5) is 43.9. The van der Waals surface area contributed by atoms with Crippen molar-refractivity contribution in [2.24, 2.45) is 0 Å². The van der Waals surface area contributed by atoms with Crippen LogP contribution < -0.4 is 10.7 Å². The highest BCUT2D eigenvalue weighted by atomic mass is 16.6. The Morgan fingerprint density at radius 3 is 2.77 bits per heavy atom. The van der Waals surface area contributed by atoms with Crippen LogP contribution in [0.1, 0.15) is 46.2 Å². The molecule has 3 N–H and O–H groups in total. The molecule has 3 aromatic heterocycles. The number of hydrogen-bond donors (Lipinski definition) is 3. The Morgan fingerprint density at radius 2 is 2.05 bits per heavy atom. The Labute approximate surface area is 226 Å². The summed E-state index contributed by atoms with van der Waals surface area (Å²) in [6, 6.07) is 5.46. The number of aliphatic hydroxyl groups is 1. The number of aromatic carboxylic acids is 1. The maximum Gasteiger partial charge on any atom is 0.342 e. The first-order valence-corrected chi connectivity index (χ1v) is 12.8. The summed E-state index contributed by atoms with van der Waals surface area (Å²) < 4.78 is 9.28. The Bertz CT molecular complexity index is 1740. The minimum Gasteiger partial charge on any atom is -0.477 e. The van der Waals surface area contributed by atoms with Crippen LogP contribution in [-0.2, 0) is 24.5 Å². The van der Waals surface area contributed by atoms with Crippen LogP contribution >= 0.6 is 0 Å². The van der Waals surface area contributed by atoms with E-state index in [1.54, 1.807) is 19.2 Å². The molecular weight excluding hydrogens is 520 g/mol. The molecule has 1 saturated carbocycles. The third-order valence-electron chi connectivity index (χ3n) is 7.39. The number of carbonyl (C=O) groups is 1. The van der Waals surface area contributed by atoms with E-state index in [9.17, 15) is 29.9 Å². The van der Waals surface area contributed by atoms with E-state index in [0.717, 1.165) is 35.1 Å². The highest BCUT2D eigenvalue weighted by Gasteiger charge is 2.30. The number of rotatable bonds is 8. The molecular formula is C27H26N6O7. The van der Waals surface area contributed by atoms with Gasteiger partial charge in [0, 0.05) is 48.4 Å². The minimum atomic E-state index is -1.24. The van der Waals surface area contributed by atoms with Gasteiger partial charge in [0.25, 0.3) is 0 Å². The first kappa shape index (κ1) is 25.6. The Balaban J connectivity index is 1.30. The van der Waals surface area contributed by atoms with Crippen molar-refractivity contribution >= 4 is 28.5 Å². The smallest absolute Gasteiger partial charge is 0.342 e. The van der Waals surface area contributed by atoms with Crippen molar-refractivity contribution in [1.29, 1.82) is 0 Å². The average molecular weight is 547 g/mol. The summed E-state index contributed by atoms with van der Waals surface area (Å²) in [6.07, 6.45) is 5.21. The summed E-state index contributed by atoms with van der Waals surface area (Å²) in [5.74, 6) is -0.494. The number of aliphatic hydroxyl groups excluding tert-OH is 1. The number of anilines is 1. The van der Waals surface area contributed by atoms with E-state index in [0.29, 0.717) is 22.5 Å². The topological polar surface area (TPSA) is 175 Å². The number of pyridine rings is 2. The Hall–Kier alpha value is -4.62. The lowest BCUT2D eigenvalue weighted by molar-refractivity contribution is -0.392. The van der Waals surface area contributed by atoms with E-state index in [-0.39, 0.29) is 43.7 Å². The molecule has 4 heterocycles. The summed E-state index contributed by atoms with van der Waals surface area (Å²) >= 11 is 0.